The molecular formula is C21H23ClN2O2S2. The summed E-state index contributed by atoms with van der Waals surface area (Å²) in [7, 11) is -3.54. The van der Waals surface area contributed by atoms with E-state index in [9.17, 15) is 8.42 Å². The third-order valence-corrected chi connectivity index (χ3v) is 7.83. The minimum Gasteiger partial charge on any atom is -0.241 e. The van der Waals surface area contributed by atoms with Crippen LogP contribution in [0.1, 0.15) is 27.3 Å². The largest absolute Gasteiger partial charge is 0.241 e. The molecule has 0 saturated carbocycles. The molecular weight excluding hydrogens is 412 g/mol. The van der Waals surface area contributed by atoms with Gasteiger partial charge in [-0.3, -0.25) is 0 Å². The number of benzene rings is 2. The summed E-state index contributed by atoms with van der Waals surface area (Å²) >= 11 is 7.53. The molecule has 0 fully saturated rings. The molecule has 0 bridgehead atoms. The summed E-state index contributed by atoms with van der Waals surface area (Å²) in [5.41, 5.74) is 4.75. The molecule has 28 heavy (non-hydrogen) atoms. The maximum Gasteiger partial charge on any atom is 0.240 e. The van der Waals surface area contributed by atoms with Gasteiger partial charge in [-0.1, -0.05) is 29.8 Å². The number of hydrogen-bond acceptors (Lipinski definition) is 4. The van der Waals surface area contributed by atoms with Crippen LogP contribution in [0, 0.1) is 27.7 Å². The standard InChI is InChI=1S/C21H23ClN2O2S2/c1-13-11-15(3)20(12-14(13)2)28(25,26)23-10-9-19-16(4)24-21(27-19)17-5-7-18(22)8-6-17/h5-8,11-12,23H,9-10H2,1-4H3. The van der Waals surface area contributed by atoms with E-state index in [0.717, 1.165) is 37.8 Å². The van der Waals surface area contributed by atoms with Crippen LogP contribution in [0.25, 0.3) is 10.6 Å². The van der Waals surface area contributed by atoms with Crippen molar-refractivity contribution in [2.75, 3.05) is 6.54 Å². The van der Waals surface area contributed by atoms with E-state index in [4.69, 9.17) is 11.6 Å². The summed E-state index contributed by atoms with van der Waals surface area (Å²) in [6.07, 6.45) is 0.597. The van der Waals surface area contributed by atoms with Gasteiger partial charge in [0.25, 0.3) is 0 Å². The Labute approximate surface area is 175 Å². The zero-order valence-electron chi connectivity index (χ0n) is 16.3. The second kappa shape index (κ2) is 8.33. The molecule has 2 aromatic carbocycles. The van der Waals surface area contributed by atoms with Gasteiger partial charge in [0.2, 0.25) is 10.0 Å². The summed E-state index contributed by atoms with van der Waals surface area (Å²) in [5, 5.41) is 1.60. The fourth-order valence-electron chi connectivity index (χ4n) is 2.98. The number of halogens is 1. The first kappa shape index (κ1) is 21.0. The number of aryl methyl sites for hydroxylation is 4. The Morgan fingerprint density at radius 2 is 1.64 bits per heavy atom. The van der Waals surface area contributed by atoms with Crippen LogP contribution >= 0.6 is 22.9 Å². The molecule has 0 spiro atoms. The SMILES string of the molecule is Cc1cc(C)c(S(=O)(=O)NCCc2sc(-c3ccc(Cl)cc3)nc2C)cc1C. The number of thiazole rings is 1. The molecule has 1 heterocycles. The second-order valence-electron chi connectivity index (χ2n) is 6.88. The normalized spacial score (nSPS) is 11.8. The Hall–Kier alpha value is -1.73. The van der Waals surface area contributed by atoms with Crippen molar-refractivity contribution in [3.05, 3.63) is 68.7 Å². The van der Waals surface area contributed by atoms with Crippen molar-refractivity contribution in [2.24, 2.45) is 0 Å². The van der Waals surface area contributed by atoms with E-state index in [1.807, 2.05) is 58.0 Å². The second-order valence-corrected chi connectivity index (χ2v) is 10.1. The van der Waals surface area contributed by atoms with Crippen LogP contribution in [0.2, 0.25) is 5.02 Å². The van der Waals surface area contributed by atoms with Crippen molar-refractivity contribution in [1.29, 1.82) is 0 Å². The van der Waals surface area contributed by atoms with Crippen molar-refractivity contribution in [1.82, 2.24) is 9.71 Å². The van der Waals surface area contributed by atoms with Crippen LogP contribution in [0.4, 0.5) is 0 Å². The molecule has 3 rings (SSSR count). The molecule has 7 heteroatoms. The van der Waals surface area contributed by atoms with E-state index >= 15 is 0 Å². The topological polar surface area (TPSA) is 59.1 Å². The van der Waals surface area contributed by atoms with Crippen molar-refractivity contribution in [2.45, 2.75) is 39.0 Å². The third kappa shape index (κ3) is 4.63. The molecule has 0 aliphatic rings. The average molecular weight is 435 g/mol. The zero-order chi connectivity index (χ0) is 20.5. The van der Waals surface area contributed by atoms with E-state index < -0.39 is 10.0 Å². The van der Waals surface area contributed by atoms with Crippen LogP contribution in [0.3, 0.4) is 0 Å². The zero-order valence-corrected chi connectivity index (χ0v) is 18.7. The van der Waals surface area contributed by atoms with Crippen molar-refractivity contribution < 1.29 is 8.42 Å². The molecule has 3 aromatic rings. The van der Waals surface area contributed by atoms with Gasteiger partial charge in [-0.15, -0.1) is 11.3 Å². The smallest absolute Gasteiger partial charge is 0.240 e. The lowest BCUT2D eigenvalue weighted by Gasteiger charge is -2.11. The van der Waals surface area contributed by atoms with E-state index in [2.05, 4.69) is 9.71 Å². The molecule has 4 nitrogen and oxygen atoms in total. The molecule has 0 amide bonds. The maximum absolute atomic E-state index is 12.7. The predicted octanol–water partition coefficient (Wildman–Crippen LogP) is 5.22. The number of rotatable bonds is 6. The number of aromatic nitrogens is 1. The fraction of sp³-hybridized carbons (Fsp3) is 0.286. The Kier molecular flexibility index (Phi) is 6.25. The third-order valence-electron chi connectivity index (χ3n) is 4.71. The highest BCUT2D eigenvalue weighted by Gasteiger charge is 2.18. The van der Waals surface area contributed by atoms with Crippen molar-refractivity contribution in [3.63, 3.8) is 0 Å². The lowest BCUT2D eigenvalue weighted by Crippen LogP contribution is -2.26. The van der Waals surface area contributed by atoms with E-state index in [1.165, 1.54) is 0 Å². The van der Waals surface area contributed by atoms with Gasteiger partial charge in [0.15, 0.2) is 0 Å². The monoisotopic (exact) mass is 434 g/mol. The first-order valence-electron chi connectivity index (χ1n) is 8.97. The van der Waals surface area contributed by atoms with Crippen LogP contribution in [-0.2, 0) is 16.4 Å². The molecule has 0 aliphatic carbocycles. The number of nitrogens with one attached hydrogen (secondary N) is 1. The molecule has 1 N–H and O–H groups in total. The van der Waals surface area contributed by atoms with E-state index in [-0.39, 0.29) is 0 Å². The van der Waals surface area contributed by atoms with Gasteiger partial charge < -0.3 is 0 Å². The van der Waals surface area contributed by atoms with Gasteiger partial charge >= 0.3 is 0 Å². The van der Waals surface area contributed by atoms with Crippen molar-refractivity contribution >= 4 is 33.0 Å². The van der Waals surface area contributed by atoms with Gasteiger partial charge in [0.05, 0.1) is 10.6 Å². The first-order chi connectivity index (χ1) is 13.2. The minimum absolute atomic E-state index is 0.331. The molecule has 148 valence electrons. The first-order valence-corrected chi connectivity index (χ1v) is 11.6. The van der Waals surface area contributed by atoms with Crippen molar-refractivity contribution in [3.8, 4) is 10.6 Å². The number of nitrogens with zero attached hydrogens (tertiary/aromatic N) is 1. The van der Waals surface area contributed by atoms with Crippen LogP contribution in [0.15, 0.2) is 41.3 Å². The Bertz CT molecular complexity index is 1100. The Balaban J connectivity index is 1.71. The summed E-state index contributed by atoms with van der Waals surface area (Å²) in [5.74, 6) is 0. The quantitative estimate of drug-likeness (QED) is 0.578. The highest BCUT2D eigenvalue weighted by molar-refractivity contribution is 7.89. The molecule has 0 saturated heterocycles. The van der Waals surface area contributed by atoms with Gasteiger partial charge in [0, 0.05) is 22.0 Å². The van der Waals surface area contributed by atoms with Gasteiger partial charge in [-0.25, -0.2) is 18.1 Å². The fourth-order valence-corrected chi connectivity index (χ4v) is 5.51. The average Bonchev–Trinajstić information content (AvgIpc) is 2.99. The highest BCUT2D eigenvalue weighted by Crippen LogP contribution is 2.29. The summed E-state index contributed by atoms with van der Waals surface area (Å²) in [4.78, 5) is 6.04. The van der Waals surface area contributed by atoms with Gasteiger partial charge in [0.1, 0.15) is 5.01 Å². The highest BCUT2D eigenvalue weighted by atomic mass is 35.5. The van der Waals surface area contributed by atoms with E-state index in [1.54, 1.807) is 17.4 Å². The lowest BCUT2D eigenvalue weighted by atomic mass is 10.1. The molecule has 0 radical (unpaired) electrons. The van der Waals surface area contributed by atoms with Crippen LogP contribution in [0.5, 0.6) is 0 Å². The summed E-state index contributed by atoms with van der Waals surface area (Å²) in [6, 6.07) is 11.2. The Morgan fingerprint density at radius 3 is 2.32 bits per heavy atom. The predicted molar refractivity (Wildman–Crippen MR) is 117 cm³/mol. The molecule has 0 unspecified atom stereocenters. The van der Waals surface area contributed by atoms with Gasteiger partial charge in [-0.2, -0.15) is 0 Å². The minimum atomic E-state index is -3.54. The Morgan fingerprint density at radius 1 is 1.00 bits per heavy atom. The summed E-state index contributed by atoms with van der Waals surface area (Å²) in [6.45, 7) is 8.02. The maximum atomic E-state index is 12.7. The van der Waals surface area contributed by atoms with Crippen LogP contribution in [-0.4, -0.2) is 19.9 Å². The lowest BCUT2D eigenvalue weighted by molar-refractivity contribution is 0.581. The molecule has 1 aromatic heterocycles. The number of sulfonamides is 1. The van der Waals surface area contributed by atoms with E-state index in [0.29, 0.717) is 22.9 Å². The summed E-state index contributed by atoms with van der Waals surface area (Å²) < 4.78 is 28.2. The molecule has 0 aliphatic heterocycles. The molecule has 0 atom stereocenters. The van der Waals surface area contributed by atoms with Crippen LogP contribution < -0.4 is 4.72 Å². The van der Waals surface area contributed by atoms with Gasteiger partial charge in [-0.05, 0) is 69.0 Å². The number of hydrogen-bond donors (Lipinski definition) is 1.